The summed E-state index contributed by atoms with van der Waals surface area (Å²) in [7, 11) is 0. The zero-order chi connectivity index (χ0) is 14.2. The van der Waals surface area contributed by atoms with Crippen LogP contribution in [-0.4, -0.2) is 9.55 Å². The van der Waals surface area contributed by atoms with Crippen LogP contribution in [0.4, 0.5) is 5.82 Å². The van der Waals surface area contributed by atoms with Crippen molar-refractivity contribution in [1.82, 2.24) is 9.55 Å². The van der Waals surface area contributed by atoms with Gasteiger partial charge in [0.2, 0.25) is 0 Å². The molecule has 3 heteroatoms. The maximum Gasteiger partial charge on any atom is 0.131 e. The maximum atomic E-state index is 6.30. The van der Waals surface area contributed by atoms with E-state index in [1.165, 1.54) is 11.1 Å². The number of nitrogen functional groups attached to an aromatic ring is 1. The van der Waals surface area contributed by atoms with Gasteiger partial charge < -0.3 is 10.3 Å². The highest BCUT2D eigenvalue weighted by Crippen LogP contribution is 2.30. The third kappa shape index (κ3) is 2.50. The molecule has 2 aromatic rings. The lowest BCUT2D eigenvalue weighted by atomic mass is 10.0. The van der Waals surface area contributed by atoms with Crippen LogP contribution in [-0.2, 0) is 6.54 Å². The molecule has 1 heterocycles. The lowest BCUT2D eigenvalue weighted by molar-refractivity contribution is 0.518. The quantitative estimate of drug-likeness (QED) is 0.910. The highest BCUT2D eigenvalue weighted by atomic mass is 15.1. The molecule has 0 aliphatic carbocycles. The van der Waals surface area contributed by atoms with Gasteiger partial charge in [0, 0.05) is 12.1 Å². The first kappa shape index (κ1) is 13.7. The van der Waals surface area contributed by atoms with Gasteiger partial charge in [-0.15, -0.1) is 0 Å². The second-order valence-electron chi connectivity index (χ2n) is 5.64. The van der Waals surface area contributed by atoms with E-state index in [1.807, 2.05) is 6.92 Å². The van der Waals surface area contributed by atoms with Crippen molar-refractivity contribution in [3.05, 3.63) is 35.2 Å². The Balaban J connectivity index is 2.55. The third-order valence-electron chi connectivity index (χ3n) is 3.61. The number of aromatic nitrogens is 2. The molecule has 0 aliphatic heterocycles. The Kier molecular flexibility index (Phi) is 3.65. The minimum absolute atomic E-state index is 0.557. The number of hydrogen-bond acceptors (Lipinski definition) is 2. The van der Waals surface area contributed by atoms with Gasteiger partial charge in [-0.2, -0.15) is 0 Å². The number of nitrogens with zero attached hydrogens (tertiary/aromatic N) is 2. The first-order chi connectivity index (χ1) is 8.91. The van der Waals surface area contributed by atoms with Gasteiger partial charge in [0.1, 0.15) is 17.3 Å². The first-order valence-electron chi connectivity index (χ1n) is 6.81. The lowest BCUT2D eigenvalue weighted by Gasteiger charge is -2.11. The Labute approximate surface area is 115 Å². The molecule has 0 fully saturated rings. The van der Waals surface area contributed by atoms with Gasteiger partial charge in [-0.25, -0.2) is 4.98 Å². The topological polar surface area (TPSA) is 43.8 Å². The first-order valence-corrected chi connectivity index (χ1v) is 6.81. The Morgan fingerprint density at radius 3 is 2.53 bits per heavy atom. The largest absolute Gasteiger partial charge is 0.383 e. The number of benzene rings is 1. The van der Waals surface area contributed by atoms with E-state index in [4.69, 9.17) is 5.73 Å². The molecule has 0 unspecified atom stereocenters. The van der Waals surface area contributed by atoms with Gasteiger partial charge in [0.05, 0.1) is 0 Å². The molecule has 0 radical (unpaired) electrons. The normalized spacial score (nSPS) is 11.3. The van der Waals surface area contributed by atoms with Crippen molar-refractivity contribution in [3.63, 3.8) is 0 Å². The van der Waals surface area contributed by atoms with Gasteiger partial charge in [-0.3, -0.25) is 0 Å². The van der Waals surface area contributed by atoms with Crippen LogP contribution in [0.25, 0.3) is 11.3 Å². The summed E-state index contributed by atoms with van der Waals surface area (Å²) < 4.78 is 2.11. The van der Waals surface area contributed by atoms with E-state index in [0.29, 0.717) is 5.92 Å². The van der Waals surface area contributed by atoms with Crippen molar-refractivity contribution in [2.24, 2.45) is 5.92 Å². The monoisotopic (exact) mass is 257 g/mol. The molecule has 102 valence electrons. The number of imidazole rings is 1. The fourth-order valence-electron chi connectivity index (χ4n) is 2.38. The molecule has 0 bridgehead atoms. The SMILES string of the molecule is Cc1cccc(-c2nc(C)n(CC(C)C)c2N)c1C. The van der Waals surface area contributed by atoms with Crippen LogP contribution in [0.15, 0.2) is 18.2 Å². The van der Waals surface area contributed by atoms with Gasteiger partial charge in [0.15, 0.2) is 0 Å². The van der Waals surface area contributed by atoms with Crippen LogP contribution in [0, 0.1) is 26.7 Å². The summed E-state index contributed by atoms with van der Waals surface area (Å²) in [5.74, 6) is 2.32. The maximum absolute atomic E-state index is 6.30. The van der Waals surface area contributed by atoms with Crippen LogP contribution in [0.1, 0.15) is 30.8 Å². The minimum Gasteiger partial charge on any atom is -0.383 e. The van der Waals surface area contributed by atoms with Crippen LogP contribution in [0.5, 0.6) is 0 Å². The Bertz CT molecular complexity index is 594. The van der Waals surface area contributed by atoms with Crippen molar-refractivity contribution >= 4 is 5.82 Å². The molecular formula is C16H23N3. The fraction of sp³-hybridized carbons (Fsp3) is 0.438. The summed E-state index contributed by atoms with van der Waals surface area (Å²) in [6.45, 7) is 11.6. The average Bonchev–Trinajstić information content (AvgIpc) is 2.60. The Morgan fingerprint density at radius 2 is 1.89 bits per heavy atom. The van der Waals surface area contributed by atoms with Crippen LogP contribution < -0.4 is 5.73 Å². The van der Waals surface area contributed by atoms with E-state index in [0.717, 1.165) is 29.4 Å². The molecule has 2 rings (SSSR count). The second-order valence-corrected chi connectivity index (χ2v) is 5.64. The lowest BCUT2D eigenvalue weighted by Crippen LogP contribution is -2.09. The number of nitrogens with two attached hydrogens (primary N) is 1. The summed E-state index contributed by atoms with van der Waals surface area (Å²) in [4.78, 5) is 4.67. The van der Waals surface area contributed by atoms with Crippen LogP contribution in [0.2, 0.25) is 0 Å². The summed E-state index contributed by atoms with van der Waals surface area (Å²) in [6.07, 6.45) is 0. The Morgan fingerprint density at radius 1 is 1.21 bits per heavy atom. The van der Waals surface area contributed by atoms with E-state index in [9.17, 15) is 0 Å². The fourth-order valence-corrected chi connectivity index (χ4v) is 2.38. The number of aryl methyl sites for hydroxylation is 2. The van der Waals surface area contributed by atoms with Gasteiger partial charge in [0.25, 0.3) is 0 Å². The van der Waals surface area contributed by atoms with E-state index in [1.54, 1.807) is 0 Å². The highest BCUT2D eigenvalue weighted by molar-refractivity contribution is 5.74. The molecule has 1 aromatic carbocycles. The smallest absolute Gasteiger partial charge is 0.131 e. The molecular weight excluding hydrogens is 234 g/mol. The molecule has 0 saturated heterocycles. The molecule has 0 aliphatic rings. The minimum atomic E-state index is 0.557. The summed E-state index contributed by atoms with van der Waals surface area (Å²) in [6, 6.07) is 6.28. The predicted octanol–water partition coefficient (Wildman–Crippen LogP) is 3.71. The number of anilines is 1. The van der Waals surface area contributed by atoms with Gasteiger partial charge in [-0.05, 0) is 37.8 Å². The average molecular weight is 257 g/mol. The van der Waals surface area contributed by atoms with Crippen molar-refractivity contribution in [1.29, 1.82) is 0 Å². The van der Waals surface area contributed by atoms with Gasteiger partial charge in [-0.1, -0.05) is 32.0 Å². The molecule has 2 N–H and O–H groups in total. The molecule has 0 saturated carbocycles. The van der Waals surface area contributed by atoms with Crippen molar-refractivity contribution in [2.75, 3.05) is 5.73 Å². The van der Waals surface area contributed by atoms with E-state index in [2.05, 4.69) is 55.4 Å². The molecule has 1 aromatic heterocycles. The second kappa shape index (κ2) is 5.08. The standard InChI is InChI=1S/C16H23N3/c1-10(2)9-19-13(5)18-15(16(19)17)14-8-6-7-11(3)12(14)4/h6-8,10H,9,17H2,1-5H3. The summed E-state index contributed by atoms with van der Waals surface area (Å²) in [5.41, 5.74) is 10.9. The molecule has 0 atom stereocenters. The van der Waals surface area contributed by atoms with Crippen molar-refractivity contribution in [2.45, 2.75) is 41.2 Å². The van der Waals surface area contributed by atoms with E-state index < -0.39 is 0 Å². The zero-order valence-electron chi connectivity index (χ0n) is 12.5. The van der Waals surface area contributed by atoms with E-state index >= 15 is 0 Å². The summed E-state index contributed by atoms with van der Waals surface area (Å²) >= 11 is 0. The predicted molar refractivity (Wildman–Crippen MR) is 81.1 cm³/mol. The molecule has 0 amide bonds. The summed E-state index contributed by atoms with van der Waals surface area (Å²) in [5, 5.41) is 0. The molecule has 3 nitrogen and oxygen atoms in total. The van der Waals surface area contributed by atoms with Crippen molar-refractivity contribution in [3.8, 4) is 11.3 Å². The third-order valence-corrected chi connectivity index (χ3v) is 3.61. The Hall–Kier alpha value is -1.77. The zero-order valence-corrected chi connectivity index (χ0v) is 12.5. The number of rotatable bonds is 3. The molecule has 19 heavy (non-hydrogen) atoms. The molecule has 0 spiro atoms. The highest BCUT2D eigenvalue weighted by Gasteiger charge is 2.16. The van der Waals surface area contributed by atoms with E-state index in [-0.39, 0.29) is 0 Å². The van der Waals surface area contributed by atoms with Crippen molar-refractivity contribution < 1.29 is 0 Å². The van der Waals surface area contributed by atoms with Gasteiger partial charge >= 0.3 is 0 Å². The van der Waals surface area contributed by atoms with Crippen LogP contribution >= 0.6 is 0 Å². The van der Waals surface area contributed by atoms with Crippen LogP contribution in [0.3, 0.4) is 0 Å². The number of hydrogen-bond donors (Lipinski definition) is 1.